The molecule has 1 aromatic carbocycles. The number of rotatable bonds is 7. The number of aromatic nitrogens is 2. The molecule has 0 N–H and O–H groups in total. The standard InChI is InChI=1S/C18H18BrN3O3S2/c1-21(8-9-25-13-5-3-12(19)4-6-13)15(23)11-27-18-20-14-7-10-26-16(14)17(24)22(18)2/h3-7,10H,8-9,11H2,1-2H3. The summed E-state index contributed by atoms with van der Waals surface area (Å²) in [5.41, 5.74) is 0.593. The molecule has 9 heteroatoms. The SMILES string of the molecule is CN(CCOc1ccc(Br)cc1)C(=O)CSc1nc2ccsc2c(=O)n1C. The topological polar surface area (TPSA) is 64.4 Å². The number of thioether (sulfide) groups is 1. The van der Waals surface area contributed by atoms with Gasteiger partial charge in [0, 0.05) is 18.6 Å². The molecule has 0 spiro atoms. The van der Waals surface area contributed by atoms with Gasteiger partial charge in [0.15, 0.2) is 5.16 Å². The van der Waals surface area contributed by atoms with Crippen molar-refractivity contribution in [3.05, 3.63) is 50.5 Å². The maximum absolute atomic E-state index is 12.3. The van der Waals surface area contributed by atoms with Crippen LogP contribution in [0.25, 0.3) is 10.2 Å². The number of amides is 1. The second-order valence-corrected chi connectivity index (χ2v) is 8.57. The lowest BCUT2D eigenvalue weighted by Gasteiger charge is -2.17. The number of hydrogen-bond donors (Lipinski definition) is 0. The van der Waals surface area contributed by atoms with Crippen molar-refractivity contribution in [3.63, 3.8) is 0 Å². The molecule has 6 nitrogen and oxygen atoms in total. The Kier molecular flexibility index (Phi) is 6.56. The van der Waals surface area contributed by atoms with Gasteiger partial charge in [-0.25, -0.2) is 4.98 Å². The van der Waals surface area contributed by atoms with Crippen LogP contribution in [0.3, 0.4) is 0 Å². The number of fused-ring (bicyclic) bond motifs is 1. The minimum Gasteiger partial charge on any atom is -0.492 e. The molecule has 2 aromatic heterocycles. The van der Waals surface area contributed by atoms with E-state index in [0.29, 0.717) is 28.5 Å². The maximum atomic E-state index is 12.3. The lowest BCUT2D eigenvalue weighted by Crippen LogP contribution is -2.32. The maximum Gasteiger partial charge on any atom is 0.271 e. The number of hydrogen-bond acceptors (Lipinski definition) is 6. The summed E-state index contributed by atoms with van der Waals surface area (Å²) >= 11 is 6.02. The summed E-state index contributed by atoms with van der Waals surface area (Å²) in [6, 6.07) is 9.37. The number of thiophene rings is 1. The molecule has 0 fully saturated rings. The zero-order valence-electron chi connectivity index (χ0n) is 14.8. The summed E-state index contributed by atoms with van der Waals surface area (Å²) in [5.74, 6) is 0.931. The Morgan fingerprint density at radius 1 is 1.33 bits per heavy atom. The van der Waals surface area contributed by atoms with Crippen LogP contribution in [0.2, 0.25) is 0 Å². The molecule has 142 valence electrons. The summed E-state index contributed by atoms with van der Waals surface area (Å²) < 4.78 is 8.76. The van der Waals surface area contributed by atoms with Gasteiger partial charge >= 0.3 is 0 Å². The first-order valence-corrected chi connectivity index (χ1v) is 10.8. The van der Waals surface area contributed by atoms with E-state index in [1.165, 1.54) is 27.7 Å². The van der Waals surface area contributed by atoms with E-state index in [1.807, 2.05) is 35.7 Å². The van der Waals surface area contributed by atoms with E-state index in [2.05, 4.69) is 20.9 Å². The monoisotopic (exact) mass is 467 g/mol. The second-order valence-electron chi connectivity index (χ2n) is 5.80. The van der Waals surface area contributed by atoms with Gasteiger partial charge in [-0.15, -0.1) is 11.3 Å². The molecule has 0 aliphatic heterocycles. The average Bonchev–Trinajstić information content (AvgIpc) is 3.13. The third-order valence-electron chi connectivity index (χ3n) is 3.91. The van der Waals surface area contributed by atoms with Crippen LogP contribution in [-0.4, -0.2) is 46.3 Å². The smallest absolute Gasteiger partial charge is 0.271 e. The molecule has 0 saturated carbocycles. The molecule has 0 aliphatic carbocycles. The molecule has 0 atom stereocenters. The molecule has 0 saturated heterocycles. The van der Waals surface area contributed by atoms with Gasteiger partial charge < -0.3 is 9.64 Å². The van der Waals surface area contributed by atoms with Crippen molar-refractivity contribution in [2.24, 2.45) is 7.05 Å². The molecule has 3 aromatic rings. The van der Waals surface area contributed by atoms with Crippen LogP contribution < -0.4 is 10.3 Å². The summed E-state index contributed by atoms with van der Waals surface area (Å²) in [7, 11) is 3.42. The van der Waals surface area contributed by atoms with Crippen LogP contribution in [0.15, 0.2) is 50.1 Å². The highest BCUT2D eigenvalue weighted by molar-refractivity contribution is 9.10. The molecule has 27 heavy (non-hydrogen) atoms. The highest BCUT2D eigenvalue weighted by atomic mass is 79.9. The van der Waals surface area contributed by atoms with Gasteiger partial charge in [0.25, 0.3) is 5.56 Å². The van der Waals surface area contributed by atoms with Crippen molar-refractivity contribution in [2.45, 2.75) is 5.16 Å². The fraction of sp³-hybridized carbons (Fsp3) is 0.278. The van der Waals surface area contributed by atoms with E-state index >= 15 is 0 Å². The highest BCUT2D eigenvalue weighted by Crippen LogP contribution is 2.20. The quantitative estimate of drug-likeness (QED) is 0.393. The van der Waals surface area contributed by atoms with E-state index in [1.54, 1.807) is 19.0 Å². The fourth-order valence-electron chi connectivity index (χ4n) is 2.29. The number of halogens is 1. The van der Waals surface area contributed by atoms with Crippen LogP contribution in [0.1, 0.15) is 0 Å². The van der Waals surface area contributed by atoms with E-state index in [0.717, 1.165) is 10.2 Å². The highest BCUT2D eigenvalue weighted by Gasteiger charge is 2.14. The van der Waals surface area contributed by atoms with E-state index in [9.17, 15) is 9.59 Å². The third-order valence-corrected chi connectivity index (χ3v) is 6.34. The van der Waals surface area contributed by atoms with Gasteiger partial charge in [0.1, 0.15) is 17.1 Å². The molecule has 0 unspecified atom stereocenters. The lowest BCUT2D eigenvalue weighted by molar-refractivity contribution is -0.127. The largest absolute Gasteiger partial charge is 0.492 e. The first kappa shape index (κ1) is 19.9. The second kappa shape index (κ2) is 8.90. The lowest BCUT2D eigenvalue weighted by atomic mass is 10.3. The normalized spacial score (nSPS) is 10.9. The van der Waals surface area contributed by atoms with Gasteiger partial charge in [-0.05, 0) is 35.7 Å². The van der Waals surface area contributed by atoms with Crippen LogP contribution in [-0.2, 0) is 11.8 Å². The zero-order chi connectivity index (χ0) is 19.4. The molecule has 2 heterocycles. The van der Waals surface area contributed by atoms with Crippen LogP contribution in [0.4, 0.5) is 0 Å². The summed E-state index contributed by atoms with van der Waals surface area (Å²) in [6.07, 6.45) is 0. The van der Waals surface area contributed by atoms with Crippen molar-refractivity contribution < 1.29 is 9.53 Å². The minimum absolute atomic E-state index is 0.0425. The third kappa shape index (κ3) is 4.91. The van der Waals surface area contributed by atoms with Crippen molar-refractivity contribution >= 4 is 55.2 Å². The first-order chi connectivity index (χ1) is 13.0. The predicted molar refractivity (Wildman–Crippen MR) is 113 cm³/mol. The van der Waals surface area contributed by atoms with Gasteiger partial charge in [0.2, 0.25) is 5.91 Å². The van der Waals surface area contributed by atoms with Crippen LogP contribution in [0.5, 0.6) is 5.75 Å². The van der Waals surface area contributed by atoms with Crippen molar-refractivity contribution in [3.8, 4) is 5.75 Å². The number of benzene rings is 1. The fourth-order valence-corrected chi connectivity index (χ4v) is 4.27. The Morgan fingerprint density at radius 2 is 2.07 bits per heavy atom. The van der Waals surface area contributed by atoms with Crippen molar-refractivity contribution in [1.29, 1.82) is 0 Å². The number of carbonyl (C=O) groups is 1. The van der Waals surface area contributed by atoms with Crippen LogP contribution >= 0.6 is 39.0 Å². The van der Waals surface area contributed by atoms with E-state index in [4.69, 9.17) is 4.74 Å². The Morgan fingerprint density at radius 3 is 2.81 bits per heavy atom. The average molecular weight is 468 g/mol. The van der Waals surface area contributed by atoms with Gasteiger partial charge in [-0.2, -0.15) is 0 Å². The predicted octanol–water partition coefficient (Wildman–Crippen LogP) is 3.39. The minimum atomic E-state index is -0.0822. The van der Waals surface area contributed by atoms with Crippen molar-refractivity contribution in [2.75, 3.05) is 26.0 Å². The van der Waals surface area contributed by atoms with Gasteiger partial charge in [-0.3, -0.25) is 14.2 Å². The Hall–Kier alpha value is -1.84. The van der Waals surface area contributed by atoms with Gasteiger partial charge in [0.05, 0.1) is 17.8 Å². The molecular weight excluding hydrogens is 450 g/mol. The van der Waals surface area contributed by atoms with Crippen molar-refractivity contribution in [1.82, 2.24) is 14.5 Å². The molecule has 0 radical (unpaired) electrons. The summed E-state index contributed by atoms with van der Waals surface area (Å²) in [6.45, 7) is 0.886. The molecular formula is C18H18BrN3O3S2. The summed E-state index contributed by atoms with van der Waals surface area (Å²) in [4.78, 5) is 30.7. The zero-order valence-corrected chi connectivity index (χ0v) is 18.1. The molecule has 0 bridgehead atoms. The number of likely N-dealkylation sites (N-methyl/N-ethyl adjacent to an activating group) is 1. The van der Waals surface area contributed by atoms with Crippen LogP contribution in [0, 0.1) is 0 Å². The Bertz CT molecular complexity index is 1000. The Labute approximate surface area is 173 Å². The first-order valence-electron chi connectivity index (χ1n) is 8.15. The van der Waals surface area contributed by atoms with Gasteiger partial charge in [-0.1, -0.05) is 27.7 Å². The molecule has 3 rings (SSSR count). The molecule has 0 aliphatic rings. The number of ether oxygens (including phenoxy) is 1. The summed E-state index contributed by atoms with van der Waals surface area (Å²) in [5, 5.41) is 2.39. The number of nitrogens with zero attached hydrogens (tertiary/aromatic N) is 3. The molecule has 1 amide bonds. The number of carbonyl (C=O) groups excluding carboxylic acids is 1. The van der Waals surface area contributed by atoms with E-state index < -0.39 is 0 Å². The Balaban J connectivity index is 1.52. The van der Waals surface area contributed by atoms with E-state index in [-0.39, 0.29) is 17.2 Å².